The number of hydrogen-bond acceptors (Lipinski definition) is 11. The first kappa shape index (κ1) is 34.6. The minimum atomic E-state index is -4.63. The van der Waals surface area contributed by atoms with E-state index in [-0.39, 0.29) is 57.4 Å². The van der Waals surface area contributed by atoms with E-state index in [0.717, 1.165) is 35.2 Å². The van der Waals surface area contributed by atoms with Gasteiger partial charge in [-0.3, -0.25) is 14.2 Å². The van der Waals surface area contributed by atoms with E-state index in [4.69, 9.17) is 9.47 Å². The summed E-state index contributed by atoms with van der Waals surface area (Å²) in [6.45, 7) is 6.31. The number of halogens is 3. The predicted molar refractivity (Wildman–Crippen MR) is 167 cm³/mol. The number of ether oxygens (including phenoxy) is 2. The van der Waals surface area contributed by atoms with Gasteiger partial charge in [-0.2, -0.15) is 13.2 Å². The highest BCUT2D eigenvalue weighted by Gasteiger charge is 2.32. The van der Waals surface area contributed by atoms with Gasteiger partial charge in [0.05, 0.1) is 46.7 Å². The second-order valence-corrected chi connectivity index (χ2v) is 12.7. The van der Waals surface area contributed by atoms with Crippen molar-refractivity contribution in [3.8, 4) is 5.69 Å². The zero-order valence-electron chi connectivity index (χ0n) is 24.9. The van der Waals surface area contributed by atoms with Crippen molar-refractivity contribution in [2.75, 3.05) is 18.5 Å². The van der Waals surface area contributed by atoms with Gasteiger partial charge in [0.15, 0.2) is 11.0 Å². The lowest BCUT2D eigenvalue weighted by atomic mass is 10.1. The van der Waals surface area contributed by atoms with Crippen LogP contribution < -0.4 is 10.6 Å². The number of nitrogens with zero attached hydrogens (tertiary/aromatic N) is 3. The minimum Gasteiger partial charge on any atom is -0.462 e. The summed E-state index contributed by atoms with van der Waals surface area (Å²) >= 11 is 2.97. The third-order valence-corrected chi connectivity index (χ3v) is 9.36. The Morgan fingerprint density at radius 1 is 1.04 bits per heavy atom. The molecule has 17 heteroatoms. The SMILES string of the molecule is CCOC(=O)c1sc(NC(=O)[C@@H](C)Sc2nnc(CNC(=O)c3cccs3)n2-c2cccc(C(F)(F)F)c2)c(C(=O)OCC)c1C. The molecule has 1 atom stereocenters. The molecule has 0 spiro atoms. The van der Waals surface area contributed by atoms with E-state index >= 15 is 0 Å². The average Bonchev–Trinajstić information content (AvgIpc) is 3.75. The van der Waals surface area contributed by atoms with Gasteiger partial charge in [-0.25, -0.2) is 9.59 Å². The fourth-order valence-corrected chi connectivity index (χ4v) is 6.71. The standard InChI is InChI=1S/C29H28F3N5O6S3/c1-5-42-26(40)21-15(3)22(27(41)43-6-2)46-25(21)34-23(38)16(4)45-28-36-35-20(14-33-24(39)19-11-8-12-44-19)37(28)18-10-7-9-17(13-18)29(30,31)32/h7-13,16H,5-6,14H2,1-4H3,(H,33,39)(H,34,38)/t16-/m1/s1. The molecule has 0 aliphatic rings. The molecule has 0 saturated heterocycles. The van der Waals surface area contributed by atoms with Gasteiger partial charge in [0, 0.05) is 0 Å². The topological polar surface area (TPSA) is 142 Å². The number of hydrogen-bond donors (Lipinski definition) is 2. The van der Waals surface area contributed by atoms with E-state index in [2.05, 4.69) is 20.8 Å². The summed E-state index contributed by atoms with van der Waals surface area (Å²) in [5, 5.41) is 14.5. The number of esters is 2. The van der Waals surface area contributed by atoms with Gasteiger partial charge in [-0.15, -0.1) is 32.9 Å². The van der Waals surface area contributed by atoms with Gasteiger partial charge in [-0.05, 0) is 62.9 Å². The fraction of sp³-hybridized carbons (Fsp3) is 0.310. The van der Waals surface area contributed by atoms with Crippen molar-refractivity contribution >= 4 is 63.2 Å². The molecule has 244 valence electrons. The summed E-state index contributed by atoms with van der Waals surface area (Å²) < 4.78 is 52.3. The lowest BCUT2D eigenvalue weighted by molar-refractivity contribution is -0.137. The lowest BCUT2D eigenvalue weighted by Gasteiger charge is -2.15. The van der Waals surface area contributed by atoms with Crippen LogP contribution >= 0.6 is 34.4 Å². The van der Waals surface area contributed by atoms with Crippen LogP contribution in [0.5, 0.6) is 0 Å². The number of anilines is 1. The lowest BCUT2D eigenvalue weighted by Crippen LogP contribution is -2.25. The second-order valence-electron chi connectivity index (χ2n) is 9.39. The number of thioether (sulfide) groups is 1. The van der Waals surface area contributed by atoms with Crippen molar-refractivity contribution in [1.29, 1.82) is 0 Å². The van der Waals surface area contributed by atoms with Crippen LogP contribution in [0.4, 0.5) is 18.2 Å². The monoisotopic (exact) mass is 695 g/mol. The maximum Gasteiger partial charge on any atom is 0.416 e. The Morgan fingerprint density at radius 3 is 2.41 bits per heavy atom. The molecule has 3 heterocycles. The van der Waals surface area contributed by atoms with E-state index in [1.54, 1.807) is 38.3 Å². The third-order valence-electron chi connectivity index (χ3n) is 6.26. The second kappa shape index (κ2) is 14.9. The summed E-state index contributed by atoms with van der Waals surface area (Å²) in [4.78, 5) is 51.8. The van der Waals surface area contributed by atoms with Crippen LogP contribution in [0.3, 0.4) is 0 Å². The summed E-state index contributed by atoms with van der Waals surface area (Å²) in [5.41, 5.74) is -0.550. The molecule has 0 saturated carbocycles. The van der Waals surface area contributed by atoms with Crippen LogP contribution in [-0.4, -0.2) is 57.0 Å². The van der Waals surface area contributed by atoms with Crippen molar-refractivity contribution in [3.05, 3.63) is 74.0 Å². The number of nitrogens with one attached hydrogen (secondary N) is 2. The van der Waals surface area contributed by atoms with Gasteiger partial charge in [0.1, 0.15) is 9.88 Å². The molecule has 3 aromatic heterocycles. The van der Waals surface area contributed by atoms with Crippen LogP contribution in [0.2, 0.25) is 0 Å². The quantitative estimate of drug-likeness (QED) is 0.132. The third kappa shape index (κ3) is 7.94. The van der Waals surface area contributed by atoms with Crippen molar-refractivity contribution in [2.24, 2.45) is 0 Å². The number of amides is 2. The van der Waals surface area contributed by atoms with Gasteiger partial charge in [0.25, 0.3) is 5.91 Å². The summed E-state index contributed by atoms with van der Waals surface area (Å²) in [7, 11) is 0. The van der Waals surface area contributed by atoms with E-state index in [1.165, 1.54) is 35.0 Å². The van der Waals surface area contributed by atoms with Crippen molar-refractivity contribution in [3.63, 3.8) is 0 Å². The Bertz CT molecular complexity index is 1740. The van der Waals surface area contributed by atoms with E-state index in [0.29, 0.717) is 4.88 Å². The van der Waals surface area contributed by atoms with Crippen LogP contribution in [0, 0.1) is 6.92 Å². The number of carbonyl (C=O) groups excluding carboxylic acids is 4. The Kier molecular flexibility index (Phi) is 11.2. The molecule has 0 unspecified atom stereocenters. The Hall–Kier alpha value is -4.22. The first-order chi connectivity index (χ1) is 21.8. The Balaban J connectivity index is 1.64. The zero-order chi connectivity index (χ0) is 33.6. The highest BCUT2D eigenvalue weighted by atomic mass is 32.2. The van der Waals surface area contributed by atoms with Crippen molar-refractivity contribution < 1.29 is 41.8 Å². The number of aromatic nitrogens is 3. The molecule has 0 aliphatic heterocycles. The molecule has 0 aliphatic carbocycles. The Morgan fingerprint density at radius 2 is 1.76 bits per heavy atom. The first-order valence-electron chi connectivity index (χ1n) is 13.7. The molecule has 1 aromatic carbocycles. The Labute approximate surface area is 273 Å². The normalized spacial score (nSPS) is 12.0. The van der Waals surface area contributed by atoms with Crippen molar-refractivity contribution in [2.45, 2.75) is 50.8 Å². The fourth-order valence-electron chi connectivity index (χ4n) is 4.09. The van der Waals surface area contributed by atoms with Crippen molar-refractivity contribution in [1.82, 2.24) is 20.1 Å². The number of rotatable bonds is 12. The molecular formula is C29H28F3N5O6S3. The first-order valence-corrected chi connectivity index (χ1v) is 16.3. The number of benzene rings is 1. The van der Waals surface area contributed by atoms with E-state index in [9.17, 15) is 32.3 Å². The number of alkyl halides is 3. The number of carbonyl (C=O) groups is 4. The van der Waals surface area contributed by atoms with Crippen LogP contribution in [0.1, 0.15) is 67.4 Å². The van der Waals surface area contributed by atoms with E-state index in [1.807, 2.05) is 0 Å². The predicted octanol–water partition coefficient (Wildman–Crippen LogP) is 6.12. The molecule has 46 heavy (non-hydrogen) atoms. The molecule has 0 fully saturated rings. The largest absolute Gasteiger partial charge is 0.462 e. The maximum atomic E-state index is 13.6. The van der Waals surface area contributed by atoms with Gasteiger partial charge < -0.3 is 20.1 Å². The summed E-state index contributed by atoms with van der Waals surface area (Å²) in [6, 6.07) is 7.82. The summed E-state index contributed by atoms with van der Waals surface area (Å²) in [5.74, 6) is -2.27. The molecular weight excluding hydrogens is 668 g/mol. The van der Waals surface area contributed by atoms with Crippen LogP contribution in [-0.2, 0) is 27.0 Å². The van der Waals surface area contributed by atoms with Gasteiger partial charge in [0.2, 0.25) is 5.91 Å². The smallest absolute Gasteiger partial charge is 0.416 e. The minimum absolute atomic E-state index is 0.0105. The average molecular weight is 696 g/mol. The molecule has 2 amide bonds. The van der Waals surface area contributed by atoms with Gasteiger partial charge in [-0.1, -0.05) is 23.9 Å². The molecule has 0 bridgehead atoms. The molecule has 0 radical (unpaired) electrons. The number of thiophene rings is 2. The van der Waals surface area contributed by atoms with Gasteiger partial charge >= 0.3 is 18.1 Å². The zero-order valence-corrected chi connectivity index (χ0v) is 27.3. The van der Waals surface area contributed by atoms with Crippen LogP contribution in [0.15, 0.2) is 46.9 Å². The summed E-state index contributed by atoms with van der Waals surface area (Å²) in [6.07, 6.45) is -4.63. The van der Waals surface area contributed by atoms with Crippen LogP contribution in [0.25, 0.3) is 5.69 Å². The molecule has 4 aromatic rings. The molecule has 11 nitrogen and oxygen atoms in total. The molecule has 2 N–H and O–H groups in total. The highest BCUT2D eigenvalue weighted by molar-refractivity contribution is 8.00. The van der Waals surface area contributed by atoms with E-state index < -0.39 is 40.7 Å². The highest BCUT2D eigenvalue weighted by Crippen LogP contribution is 2.36. The molecule has 4 rings (SSSR count). The maximum absolute atomic E-state index is 13.6.